The molecule has 1 atom stereocenters. The van der Waals surface area contributed by atoms with E-state index in [1.54, 1.807) is 74.5 Å². The molecule has 230 valence electrons. The Morgan fingerprint density at radius 3 is 2.61 bits per heavy atom. The molecule has 0 unspecified atom stereocenters. The van der Waals surface area contributed by atoms with E-state index in [-0.39, 0.29) is 31.1 Å². The van der Waals surface area contributed by atoms with Gasteiger partial charge in [0.15, 0.2) is 18.1 Å². The molecule has 1 aliphatic heterocycles. The number of carbonyl (C=O) groups is 3. The number of hydrogen-bond acceptors (Lipinski definition) is 8. The maximum Gasteiger partial charge on any atom is 0.338 e. The Labute approximate surface area is 264 Å². The second-order valence-corrected chi connectivity index (χ2v) is 10.2. The van der Waals surface area contributed by atoms with E-state index in [9.17, 15) is 14.4 Å². The highest BCUT2D eigenvalue weighted by Crippen LogP contribution is 2.34. The number of methoxy groups -OCH3 is 1. The predicted molar refractivity (Wildman–Crippen MR) is 165 cm³/mol. The Morgan fingerprint density at radius 1 is 1.05 bits per heavy atom. The number of nitrogens with zero attached hydrogens (tertiary/aromatic N) is 1. The van der Waals surface area contributed by atoms with E-state index < -0.39 is 23.9 Å². The topological polar surface area (TPSA) is 137 Å². The van der Waals surface area contributed by atoms with Crippen molar-refractivity contribution in [1.82, 2.24) is 16.1 Å². The minimum atomic E-state index is -0.775. The zero-order valence-electron chi connectivity index (χ0n) is 24.1. The average Bonchev–Trinajstić information content (AvgIpc) is 2.99. The van der Waals surface area contributed by atoms with Crippen molar-refractivity contribution in [3.8, 4) is 17.2 Å². The van der Waals surface area contributed by atoms with Gasteiger partial charge in [-0.1, -0.05) is 47.5 Å². The summed E-state index contributed by atoms with van der Waals surface area (Å²) in [6.45, 7) is 3.40. The third-order valence-corrected chi connectivity index (χ3v) is 6.90. The molecule has 3 N–H and O–H groups in total. The van der Waals surface area contributed by atoms with E-state index in [4.69, 9.17) is 42.1 Å². The van der Waals surface area contributed by atoms with E-state index in [0.717, 1.165) is 5.56 Å². The zero-order chi connectivity index (χ0) is 31.6. The van der Waals surface area contributed by atoms with Gasteiger partial charge >= 0.3 is 12.0 Å². The van der Waals surface area contributed by atoms with E-state index in [1.165, 1.54) is 13.3 Å². The molecule has 0 spiro atoms. The van der Waals surface area contributed by atoms with Crippen LogP contribution in [0.5, 0.6) is 17.2 Å². The molecule has 0 bridgehead atoms. The number of amides is 3. The molecule has 1 aliphatic rings. The van der Waals surface area contributed by atoms with Crippen LogP contribution in [0.1, 0.15) is 36.6 Å². The molecule has 0 saturated heterocycles. The summed E-state index contributed by atoms with van der Waals surface area (Å²) < 4.78 is 22.1. The summed E-state index contributed by atoms with van der Waals surface area (Å²) >= 11 is 12.1. The van der Waals surface area contributed by atoms with E-state index in [1.807, 2.05) is 0 Å². The number of carbonyl (C=O) groups excluding carboxylic acids is 3. The smallest absolute Gasteiger partial charge is 0.338 e. The summed E-state index contributed by atoms with van der Waals surface area (Å²) in [7, 11) is 1.44. The molecule has 44 heavy (non-hydrogen) atoms. The summed E-state index contributed by atoms with van der Waals surface area (Å²) in [6.07, 6.45) is 1.47. The second-order valence-electron chi connectivity index (χ2n) is 9.38. The second kappa shape index (κ2) is 15.1. The third-order valence-electron chi connectivity index (χ3n) is 6.31. The highest BCUT2D eigenvalue weighted by atomic mass is 35.5. The first-order valence-electron chi connectivity index (χ1n) is 13.4. The number of hydrogen-bond donors (Lipinski definition) is 3. The number of ether oxygens (including phenoxy) is 4. The van der Waals surface area contributed by atoms with Crippen LogP contribution in [0, 0.1) is 0 Å². The van der Waals surface area contributed by atoms with Crippen molar-refractivity contribution >= 4 is 47.3 Å². The van der Waals surface area contributed by atoms with Crippen LogP contribution in [-0.4, -0.2) is 44.4 Å². The van der Waals surface area contributed by atoms with Crippen LogP contribution in [0.2, 0.25) is 10.0 Å². The van der Waals surface area contributed by atoms with Crippen molar-refractivity contribution in [3.05, 3.63) is 98.7 Å². The van der Waals surface area contributed by atoms with Crippen molar-refractivity contribution in [2.45, 2.75) is 26.5 Å². The number of benzene rings is 3. The van der Waals surface area contributed by atoms with Gasteiger partial charge in [-0.25, -0.2) is 15.0 Å². The number of urea groups is 1. The normalized spacial score (nSPS) is 14.5. The maximum atomic E-state index is 12.6. The first-order chi connectivity index (χ1) is 21.2. The van der Waals surface area contributed by atoms with Crippen molar-refractivity contribution in [1.29, 1.82) is 0 Å². The minimum absolute atomic E-state index is 0.181. The van der Waals surface area contributed by atoms with Gasteiger partial charge in [-0.15, -0.1) is 0 Å². The standard InChI is InChI=1S/C31H30Cl2N4O7/c1-4-42-30(39)28-18(2)35-31(40)36-29(28)20-9-11-25(26(13-20)41-3)44-17-27(38)37-34-15-19-6-5-7-23(12-19)43-16-21-8-10-22(32)14-24(21)33/h5-15,29H,4,16-17H2,1-3H3,(H,37,38)(H2,35,36,40)/b34-15+/t29-/m1/s1. The number of rotatable bonds is 12. The molecule has 0 aliphatic carbocycles. The Balaban J connectivity index is 1.34. The molecular formula is C31H30Cl2N4O7. The molecule has 1 heterocycles. The summed E-state index contributed by atoms with van der Waals surface area (Å²) in [4.78, 5) is 37.1. The lowest BCUT2D eigenvalue weighted by atomic mass is 9.95. The maximum absolute atomic E-state index is 12.6. The first-order valence-corrected chi connectivity index (χ1v) is 14.2. The fourth-order valence-corrected chi connectivity index (χ4v) is 4.71. The highest BCUT2D eigenvalue weighted by Gasteiger charge is 2.32. The minimum Gasteiger partial charge on any atom is -0.493 e. The molecule has 3 aromatic rings. The van der Waals surface area contributed by atoms with Crippen molar-refractivity contribution in [2.75, 3.05) is 20.3 Å². The van der Waals surface area contributed by atoms with Gasteiger partial charge in [-0.05, 0) is 61.4 Å². The summed E-state index contributed by atoms with van der Waals surface area (Å²) in [5.41, 5.74) is 5.11. The van der Waals surface area contributed by atoms with Gasteiger partial charge < -0.3 is 29.6 Å². The molecule has 11 nitrogen and oxygen atoms in total. The number of halogens is 2. The van der Waals surface area contributed by atoms with Crippen LogP contribution in [-0.2, 0) is 20.9 Å². The van der Waals surface area contributed by atoms with Crippen LogP contribution < -0.4 is 30.3 Å². The van der Waals surface area contributed by atoms with E-state index in [0.29, 0.717) is 38.4 Å². The lowest BCUT2D eigenvalue weighted by Crippen LogP contribution is -2.45. The Morgan fingerprint density at radius 2 is 1.86 bits per heavy atom. The summed E-state index contributed by atoms with van der Waals surface area (Å²) in [5, 5.41) is 10.4. The molecule has 3 amide bonds. The van der Waals surface area contributed by atoms with Gasteiger partial charge in [-0.2, -0.15) is 5.10 Å². The van der Waals surface area contributed by atoms with Crippen LogP contribution in [0.3, 0.4) is 0 Å². The van der Waals surface area contributed by atoms with Gasteiger partial charge in [0.05, 0.1) is 31.5 Å². The number of nitrogens with one attached hydrogen (secondary N) is 3. The highest BCUT2D eigenvalue weighted by molar-refractivity contribution is 6.35. The van der Waals surface area contributed by atoms with Crippen molar-refractivity contribution in [2.24, 2.45) is 5.10 Å². The zero-order valence-corrected chi connectivity index (χ0v) is 25.6. The molecule has 0 aromatic heterocycles. The first kappa shape index (κ1) is 32.2. The molecule has 0 fully saturated rings. The monoisotopic (exact) mass is 640 g/mol. The Hall–Kier alpha value is -4.74. The largest absolute Gasteiger partial charge is 0.493 e. The van der Waals surface area contributed by atoms with Crippen molar-refractivity contribution < 1.29 is 33.3 Å². The van der Waals surface area contributed by atoms with E-state index in [2.05, 4.69) is 21.2 Å². The van der Waals surface area contributed by atoms with Crippen molar-refractivity contribution in [3.63, 3.8) is 0 Å². The molecule has 0 saturated carbocycles. The van der Waals surface area contributed by atoms with Gasteiger partial charge in [0.1, 0.15) is 12.4 Å². The van der Waals surface area contributed by atoms with Crippen LogP contribution >= 0.6 is 23.2 Å². The van der Waals surface area contributed by atoms with Crippen LogP contribution in [0.4, 0.5) is 4.79 Å². The van der Waals surface area contributed by atoms with Crippen LogP contribution in [0.25, 0.3) is 0 Å². The van der Waals surface area contributed by atoms with Gasteiger partial charge in [0.25, 0.3) is 5.91 Å². The summed E-state index contributed by atoms with van der Waals surface area (Å²) in [5.74, 6) is 0.102. The Bertz CT molecular complexity index is 1610. The van der Waals surface area contributed by atoms with Gasteiger partial charge in [0, 0.05) is 21.3 Å². The fraction of sp³-hybridized carbons (Fsp3) is 0.226. The molecular weight excluding hydrogens is 611 g/mol. The number of esters is 1. The SMILES string of the molecule is CCOC(=O)C1=C(C)NC(=O)N[C@@H]1c1ccc(OCC(=O)N/N=C/c2cccc(OCc3ccc(Cl)cc3Cl)c2)c(OC)c1. The molecule has 13 heteroatoms. The number of hydrazone groups is 1. The number of allylic oxidation sites excluding steroid dienone is 1. The predicted octanol–water partition coefficient (Wildman–Crippen LogP) is 5.30. The molecule has 4 rings (SSSR count). The third kappa shape index (κ3) is 8.42. The van der Waals surface area contributed by atoms with Gasteiger partial charge in [0.2, 0.25) is 0 Å². The van der Waals surface area contributed by atoms with Gasteiger partial charge in [-0.3, -0.25) is 4.79 Å². The lowest BCUT2D eigenvalue weighted by Gasteiger charge is -2.28. The van der Waals surface area contributed by atoms with E-state index >= 15 is 0 Å². The molecule has 0 radical (unpaired) electrons. The lowest BCUT2D eigenvalue weighted by molar-refractivity contribution is -0.139. The Kier molecular flexibility index (Phi) is 11.1. The molecule has 3 aromatic carbocycles. The quantitative estimate of drug-likeness (QED) is 0.139. The average molecular weight is 642 g/mol. The fourth-order valence-electron chi connectivity index (χ4n) is 4.25. The summed E-state index contributed by atoms with van der Waals surface area (Å²) in [6, 6.07) is 16.0. The van der Waals surface area contributed by atoms with Crippen LogP contribution in [0.15, 0.2) is 77.0 Å².